The molecule has 1 atom stereocenters. The first kappa shape index (κ1) is 24.8. The van der Waals surface area contributed by atoms with Crippen molar-refractivity contribution < 1.29 is 13.2 Å². The third kappa shape index (κ3) is 5.55. The normalized spacial score (nSPS) is 13.0. The zero-order valence-corrected chi connectivity index (χ0v) is 20.4. The number of nitrogens with zero attached hydrogens (tertiary/aromatic N) is 3. The third-order valence-corrected chi connectivity index (χ3v) is 6.94. The smallest absolute Gasteiger partial charge is 0.257 e. The molecule has 8 nitrogen and oxygen atoms in total. The Kier molecular flexibility index (Phi) is 7.78. The van der Waals surface area contributed by atoms with Crippen LogP contribution in [0.2, 0.25) is 5.02 Å². The van der Waals surface area contributed by atoms with Gasteiger partial charge in [-0.25, -0.2) is 13.1 Å². The van der Waals surface area contributed by atoms with Crippen LogP contribution in [0.25, 0.3) is 22.8 Å². The maximum atomic E-state index is 12.5. The van der Waals surface area contributed by atoms with E-state index in [0.717, 1.165) is 29.6 Å². The monoisotopic (exact) mass is 489 g/mol. The molecule has 3 rings (SSSR count). The van der Waals surface area contributed by atoms with Crippen molar-refractivity contribution in [2.75, 3.05) is 6.54 Å². The van der Waals surface area contributed by atoms with E-state index in [1.165, 1.54) is 12.2 Å². The number of carbonyl (C=O) groups is 1. The number of unbranched alkanes of at least 4 members (excludes halogenated alkanes) is 1. The summed E-state index contributed by atoms with van der Waals surface area (Å²) in [6.07, 6.45) is 7.65. The molecule has 0 aliphatic rings. The van der Waals surface area contributed by atoms with Gasteiger partial charge in [-0.1, -0.05) is 37.1 Å². The highest BCUT2D eigenvalue weighted by molar-refractivity contribution is 7.90. The van der Waals surface area contributed by atoms with Gasteiger partial charge in [0.15, 0.2) is 0 Å². The lowest BCUT2D eigenvalue weighted by atomic mass is 10.2. The minimum Gasteiger partial charge on any atom is -0.301 e. The van der Waals surface area contributed by atoms with Gasteiger partial charge in [0.25, 0.3) is 15.9 Å². The van der Waals surface area contributed by atoms with Crippen molar-refractivity contribution in [2.45, 2.75) is 32.1 Å². The lowest BCUT2D eigenvalue weighted by Gasteiger charge is -2.15. The highest BCUT2D eigenvalue weighted by Crippen LogP contribution is 2.27. The van der Waals surface area contributed by atoms with E-state index in [4.69, 9.17) is 11.6 Å². The summed E-state index contributed by atoms with van der Waals surface area (Å²) in [6.45, 7) is 7.89. The Morgan fingerprint density at radius 1 is 1.33 bits per heavy atom. The zero-order chi connectivity index (χ0) is 24.2. The molecule has 33 heavy (non-hydrogen) atoms. The Hall–Kier alpha value is -2.88. The number of sulfonamides is 1. The van der Waals surface area contributed by atoms with Gasteiger partial charge in [-0.05, 0) is 44.2 Å². The molecule has 0 fully saturated rings. The van der Waals surface area contributed by atoms with Crippen LogP contribution in [0.1, 0.15) is 31.0 Å². The van der Waals surface area contributed by atoms with Crippen LogP contribution >= 0.6 is 11.6 Å². The largest absolute Gasteiger partial charge is 0.301 e. The van der Waals surface area contributed by atoms with Gasteiger partial charge >= 0.3 is 0 Å². The van der Waals surface area contributed by atoms with Gasteiger partial charge in [0.05, 0.1) is 11.2 Å². The van der Waals surface area contributed by atoms with Crippen molar-refractivity contribution in [3.05, 3.63) is 65.5 Å². The summed E-state index contributed by atoms with van der Waals surface area (Å²) in [6, 6.07) is 7.56. The van der Waals surface area contributed by atoms with Crippen LogP contribution in [-0.4, -0.2) is 40.6 Å². The molecule has 2 N–H and O–H groups in total. The Balaban J connectivity index is 1.87. The Labute approximate surface area is 199 Å². The van der Waals surface area contributed by atoms with Gasteiger partial charge in [0.1, 0.15) is 11.2 Å². The molecule has 2 heterocycles. The van der Waals surface area contributed by atoms with E-state index < -0.39 is 21.3 Å². The summed E-state index contributed by atoms with van der Waals surface area (Å²) in [5.41, 5.74) is 2.26. The Morgan fingerprint density at radius 3 is 2.79 bits per heavy atom. The second-order valence-electron chi connectivity index (χ2n) is 7.64. The summed E-state index contributed by atoms with van der Waals surface area (Å²) < 4.78 is 30.8. The van der Waals surface area contributed by atoms with Gasteiger partial charge < -0.3 is 4.57 Å². The molecular weight excluding hydrogens is 462 g/mol. The predicted molar refractivity (Wildman–Crippen MR) is 133 cm³/mol. The maximum absolute atomic E-state index is 12.5. The molecule has 0 aliphatic carbocycles. The molecule has 10 heteroatoms. The summed E-state index contributed by atoms with van der Waals surface area (Å²) >= 11 is 6.19. The minimum atomic E-state index is -3.97. The fourth-order valence-corrected chi connectivity index (χ4v) is 4.80. The van der Waals surface area contributed by atoms with Crippen LogP contribution in [0.15, 0.2) is 49.2 Å². The average molecular weight is 490 g/mol. The average Bonchev–Trinajstić information content (AvgIpc) is 3.27. The molecule has 0 radical (unpaired) electrons. The highest BCUT2D eigenvalue weighted by atomic mass is 35.5. The topological polar surface area (TPSA) is 98.0 Å². The number of aromatic nitrogens is 3. The molecule has 1 amide bonds. The number of halogens is 1. The molecule has 0 aliphatic heterocycles. The first-order chi connectivity index (χ1) is 15.7. The van der Waals surface area contributed by atoms with E-state index >= 15 is 0 Å². The van der Waals surface area contributed by atoms with E-state index in [1.54, 1.807) is 17.8 Å². The van der Waals surface area contributed by atoms with E-state index in [0.29, 0.717) is 22.8 Å². The summed E-state index contributed by atoms with van der Waals surface area (Å²) in [7, 11) is -2.17. The molecule has 0 saturated carbocycles. The van der Waals surface area contributed by atoms with E-state index in [9.17, 15) is 13.2 Å². The number of aryl methyl sites for hydroxylation is 2. The van der Waals surface area contributed by atoms with Crippen LogP contribution in [0.4, 0.5) is 0 Å². The van der Waals surface area contributed by atoms with Crippen molar-refractivity contribution in [2.24, 2.45) is 7.05 Å². The minimum absolute atomic E-state index is 0.505. The fraction of sp³-hybridized carbons (Fsp3) is 0.304. The second-order valence-corrected chi connectivity index (χ2v) is 9.88. The molecular formula is C23H28ClN5O3S. The molecule has 2 aromatic heterocycles. The van der Waals surface area contributed by atoms with Crippen LogP contribution in [0.5, 0.6) is 0 Å². The molecule has 1 aromatic carbocycles. The number of hydrogen-bond donors (Lipinski definition) is 2. The first-order valence-electron chi connectivity index (χ1n) is 10.6. The number of benzene rings is 1. The predicted octanol–water partition coefficient (Wildman–Crippen LogP) is 3.69. The number of carbonyl (C=O) groups excluding carboxylic acids is 1. The lowest BCUT2D eigenvalue weighted by Crippen LogP contribution is -2.44. The number of amides is 1. The number of rotatable bonds is 10. The van der Waals surface area contributed by atoms with E-state index in [-0.39, 0.29) is 0 Å². The van der Waals surface area contributed by atoms with Crippen LogP contribution in [0.3, 0.4) is 0 Å². The van der Waals surface area contributed by atoms with Gasteiger partial charge in [0, 0.05) is 35.3 Å². The standard InChI is InChI=1S/C23H28ClN5O3S/c1-5-7-13-25-22(6-2)33(31,32)27-21(30)11-10-19-16(3)26-28(4)23(19)29-14-12-17-8-9-18(24)15-20(17)29/h6,8-12,14-15,22,25H,2,5,7,13H2,1,3-4H3,(H,27,30)/b11-10+. The summed E-state index contributed by atoms with van der Waals surface area (Å²) in [5, 5.41) is 7.89. The SMILES string of the molecule is C=CC(NCCCC)S(=O)(=O)NC(=O)/C=C/c1c(C)nn(C)c1-n1ccc2ccc(Cl)cc21. The van der Waals surface area contributed by atoms with Crippen molar-refractivity contribution >= 4 is 44.5 Å². The van der Waals surface area contributed by atoms with Crippen LogP contribution in [0, 0.1) is 6.92 Å². The Bertz CT molecular complexity index is 1310. The van der Waals surface area contributed by atoms with Crippen molar-refractivity contribution in [1.29, 1.82) is 0 Å². The molecule has 3 aromatic rings. The lowest BCUT2D eigenvalue weighted by molar-refractivity contribution is -0.114. The van der Waals surface area contributed by atoms with Crippen LogP contribution < -0.4 is 10.0 Å². The van der Waals surface area contributed by atoms with E-state index in [1.807, 2.05) is 48.9 Å². The number of hydrogen-bond acceptors (Lipinski definition) is 5. The molecule has 0 bridgehead atoms. The van der Waals surface area contributed by atoms with Crippen molar-refractivity contribution in [1.82, 2.24) is 24.4 Å². The summed E-state index contributed by atoms with van der Waals surface area (Å²) in [5.74, 6) is -0.0318. The second kappa shape index (κ2) is 10.4. The molecule has 176 valence electrons. The van der Waals surface area contributed by atoms with Gasteiger partial charge in [0.2, 0.25) is 0 Å². The maximum Gasteiger partial charge on any atom is 0.257 e. The zero-order valence-electron chi connectivity index (χ0n) is 18.9. The van der Waals surface area contributed by atoms with Gasteiger partial charge in [-0.2, -0.15) is 5.10 Å². The highest BCUT2D eigenvalue weighted by Gasteiger charge is 2.23. The first-order valence-corrected chi connectivity index (χ1v) is 12.5. The van der Waals surface area contributed by atoms with Crippen molar-refractivity contribution in [3.63, 3.8) is 0 Å². The third-order valence-electron chi connectivity index (χ3n) is 5.19. The number of nitrogens with one attached hydrogen (secondary N) is 2. The van der Waals surface area contributed by atoms with Crippen molar-refractivity contribution in [3.8, 4) is 5.82 Å². The molecule has 0 saturated heterocycles. The van der Waals surface area contributed by atoms with Gasteiger partial charge in [-0.15, -0.1) is 6.58 Å². The summed E-state index contributed by atoms with van der Waals surface area (Å²) in [4.78, 5) is 12.5. The van der Waals surface area contributed by atoms with E-state index in [2.05, 4.69) is 21.7 Å². The molecule has 1 unspecified atom stereocenters. The fourth-order valence-electron chi connectivity index (χ4n) is 3.57. The quantitative estimate of drug-likeness (QED) is 0.257. The Morgan fingerprint density at radius 2 is 2.09 bits per heavy atom. The number of fused-ring (bicyclic) bond motifs is 1. The van der Waals surface area contributed by atoms with Gasteiger partial charge in [-0.3, -0.25) is 14.8 Å². The van der Waals surface area contributed by atoms with Crippen LogP contribution in [-0.2, 0) is 21.9 Å². The molecule has 0 spiro atoms.